The summed E-state index contributed by atoms with van der Waals surface area (Å²) in [5, 5.41) is 0.521. The summed E-state index contributed by atoms with van der Waals surface area (Å²) in [6, 6.07) is 12.2. The van der Waals surface area contributed by atoms with Gasteiger partial charge in [-0.25, -0.2) is 4.98 Å². The van der Waals surface area contributed by atoms with Crippen molar-refractivity contribution in [3.05, 3.63) is 64.2 Å². The van der Waals surface area contributed by atoms with Crippen molar-refractivity contribution in [1.82, 2.24) is 14.9 Å². The number of nitrogens with one attached hydrogen (secondary N) is 1. The lowest BCUT2D eigenvalue weighted by molar-refractivity contribution is 0.0781. The van der Waals surface area contributed by atoms with E-state index in [1.807, 2.05) is 19.9 Å². The van der Waals surface area contributed by atoms with Crippen molar-refractivity contribution in [1.29, 1.82) is 0 Å². The molecule has 7 heteroatoms. The smallest absolute Gasteiger partial charge is 0.258 e. The van der Waals surface area contributed by atoms with Gasteiger partial charge >= 0.3 is 0 Å². The Bertz CT molecular complexity index is 1050. The quantitative estimate of drug-likeness (QED) is 0.680. The van der Waals surface area contributed by atoms with Gasteiger partial charge in [0.05, 0.1) is 30.7 Å². The lowest BCUT2D eigenvalue weighted by Gasteiger charge is -2.18. The number of carbonyl (C=O) groups excluding carboxylic acids is 1. The lowest BCUT2D eigenvalue weighted by Crippen LogP contribution is -2.28. The van der Waals surface area contributed by atoms with Crippen LogP contribution in [0.3, 0.4) is 0 Å². The number of fused-ring (bicyclic) bond motifs is 1. The molecule has 7 nitrogen and oxygen atoms in total. The fourth-order valence-electron chi connectivity index (χ4n) is 2.91. The first-order valence-electron chi connectivity index (χ1n) is 9.16. The average Bonchev–Trinajstić information content (AvgIpc) is 2.69. The van der Waals surface area contributed by atoms with E-state index < -0.39 is 0 Å². The molecule has 3 aromatic rings. The molecule has 0 fully saturated rings. The lowest BCUT2D eigenvalue weighted by atomic mass is 10.1. The monoisotopic (exact) mass is 381 g/mol. The summed E-state index contributed by atoms with van der Waals surface area (Å²) in [7, 11) is 1.66. The van der Waals surface area contributed by atoms with Gasteiger partial charge in [-0.1, -0.05) is 12.1 Å². The van der Waals surface area contributed by atoms with E-state index in [-0.39, 0.29) is 18.0 Å². The summed E-state index contributed by atoms with van der Waals surface area (Å²) in [5.74, 6) is 1.35. The first kappa shape index (κ1) is 19.4. The molecular formula is C21H23N3O4. The van der Waals surface area contributed by atoms with Crippen LogP contribution in [0.25, 0.3) is 10.9 Å². The Balaban J connectivity index is 1.83. The highest BCUT2D eigenvalue weighted by atomic mass is 16.5. The molecule has 146 valence electrons. The molecule has 0 aliphatic carbocycles. The number of rotatable bonds is 7. The summed E-state index contributed by atoms with van der Waals surface area (Å²) in [4.78, 5) is 33.7. The Morgan fingerprint density at radius 2 is 1.79 bits per heavy atom. The second kappa shape index (κ2) is 8.56. The number of ether oxygens (including phenoxy) is 2. The number of amides is 1. The minimum absolute atomic E-state index is 0.177. The van der Waals surface area contributed by atoms with Crippen molar-refractivity contribution in [2.45, 2.75) is 20.4 Å². The number of para-hydroxylation sites is 1. The molecule has 0 atom stereocenters. The molecule has 0 unspecified atom stereocenters. The van der Waals surface area contributed by atoms with E-state index in [1.165, 1.54) is 4.90 Å². The highest BCUT2D eigenvalue weighted by Crippen LogP contribution is 2.29. The van der Waals surface area contributed by atoms with Crippen LogP contribution in [-0.2, 0) is 6.54 Å². The number of aromatic amines is 1. The van der Waals surface area contributed by atoms with Gasteiger partial charge in [-0.15, -0.1) is 0 Å². The van der Waals surface area contributed by atoms with Crippen LogP contribution in [0.4, 0.5) is 0 Å². The van der Waals surface area contributed by atoms with Crippen molar-refractivity contribution in [2.24, 2.45) is 0 Å². The average molecular weight is 381 g/mol. The topological polar surface area (TPSA) is 84.5 Å². The number of aromatic nitrogens is 2. The zero-order valence-electron chi connectivity index (χ0n) is 16.2. The van der Waals surface area contributed by atoms with Crippen LogP contribution in [0, 0.1) is 0 Å². The Morgan fingerprint density at radius 1 is 1.07 bits per heavy atom. The van der Waals surface area contributed by atoms with Crippen LogP contribution >= 0.6 is 0 Å². The predicted octanol–water partition coefficient (Wildman–Crippen LogP) is 2.99. The number of H-pyrrole nitrogens is 1. The third-order valence-electron chi connectivity index (χ3n) is 4.19. The predicted molar refractivity (Wildman–Crippen MR) is 107 cm³/mol. The standard InChI is InChI=1S/C21H23N3O4/c1-4-27-17-11-10-14(12-18(17)28-5-2)21(26)24(3)13-19-22-16-9-7-6-8-15(16)20(25)23-19/h6-12H,4-5,13H2,1-3H3,(H,22,23,25). The Hall–Kier alpha value is -3.35. The minimum atomic E-state index is -0.221. The van der Waals surface area contributed by atoms with Crippen LogP contribution in [0.5, 0.6) is 11.5 Å². The Morgan fingerprint density at radius 3 is 2.54 bits per heavy atom. The van der Waals surface area contributed by atoms with Crippen molar-refractivity contribution in [3.8, 4) is 11.5 Å². The van der Waals surface area contributed by atoms with E-state index >= 15 is 0 Å². The second-order valence-electron chi connectivity index (χ2n) is 6.22. The Labute approximate surface area is 162 Å². The maximum Gasteiger partial charge on any atom is 0.258 e. The molecule has 0 aliphatic rings. The van der Waals surface area contributed by atoms with Gasteiger partial charge in [-0.3, -0.25) is 9.59 Å². The molecule has 0 spiro atoms. The number of hydrogen-bond acceptors (Lipinski definition) is 5. The molecule has 1 aromatic heterocycles. The Kier molecular flexibility index (Phi) is 5.93. The van der Waals surface area contributed by atoms with Gasteiger partial charge in [0, 0.05) is 12.6 Å². The summed E-state index contributed by atoms with van der Waals surface area (Å²) in [6.45, 7) is 4.91. The largest absolute Gasteiger partial charge is 0.490 e. The van der Waals surface area contributed by atoms with Gasteiger partial charge in [-0.05, 0) is 44.2 Å². The molecular weight excluding hydrogens is 358 g/mol. The maximum atomic E-state index is 12.8. The highest BCUT2D eigenvalue weighted by Gasteiger charge is 2.16. The van der Waals surface area contributed by atoms with E-state index in [1.54, 1.807) is 43.4 Å². The second-order valence-corrected chi connectivity index (χ2v) is 6.22. The molecule has 0 aliphatic heterocycles. The van der Waals surface area contributed by atoms with Gasteiger partial charge in [0.2, 0.25) is 0 Å². The third kappa shape index (κ3) is 4.14. The summed E-state index contributed by atoms with van der Waals surface area (Å²) >= 11 is 0. The van der Waals surface area contributed by atoms with Crippen LogP contribution in [0.15, 0.2) is 47.3 Å². The molecule has 0 bridgehead atoms. The van der Waals surface area contributed by atoms with Crippen molar-refractivity contribution in [2.75, 3.05) is 20.3 Å². The van der Waals surface area contributed by atoms with Crippen LogP contribution in [-0.4, -0.2) is 41.0 Å². The van der Waals surface area contributed by atoms with E-state index in [0.717, 1.165) is 0 Å². The van der Waals surface area contributed by atoms with Gasteiger partial charge in [0.25, 0.3) is 11.5 Å². The molecule has 1 N–H and O–H groups in total. The van der Waals surface area contributed by atoms with Crippen molar-refractivity contribution in [3.63, 3.8) is 0 Å². The third-order valence-corrected chi connectivity index (χ3v) is 4.19. The SMILES string of the molecule is CCOc1ccc(C(=O)N(C)Cc2nc3ccccc3c(=O)[nH]2)cc1OCC. The van der Waals surface area contributed by atoms with E-state index in [0.29, 0.717) is 47.0 Å². The number of carbonyl (C=O) groups is 1. The number of benzene rings is 2. The first-order valence-corrected chi connectivity index (χ1v) is 9.16. The maximum absolute atomic E-state index is 12.8. The summed E-state index contributed by atoms with van der Waals surface area (Å²) in [6.07, 6.45) is 0. The zero-order chi connectivity index (χ0) is 20.1. The number of hydrogen-bond donors (Lipinski definition) is 1. The van der Waals surface area contributed by atoms with Crippen LogP contribution < -0.4 is 15.0 Å². The molecule has 28 heavy (non-hydrogen) atoms. The minimum Gasteiger partial charge on any atom is -0.490 e. The molecule has 1 amide bonds. The normalized spacial score (nSPS) is 10.7. The van der Waals surface area contributed by atoms with Crippen molar-refractivity contribution >= 4 is 16.8 Å². The van der Waals surface area contributed by atoms with Gasteiger partial charge in [-0.2, -0.15) is 0 Å². The fourth-order valence-corrected chi connectivity index (χ4v) is 2.91. The fraction of sp³-hybridized carbons (Fsp3) is 0.286. The van der Waals surface area contributed by atoms with E-state index in [2.05, 4.69) is 9.97 Å². The van der Waals surface area contributed by atoms with Crippen LogP contribution in [0.1, 0.15) is 30.0 Å². The summed E-state index contributed by atoms with van der Waals surface area (Å²) in [5.41, 5.74) is 0.848. The zero-order valence-corrected chi connectivity index (χ0v) is 16.2. The molecule has 2 aromatic carbocycles. The number of nitrogens with zero attached hydrogens (tertiary/aromatic N) is 2. The van der Waals surface area contributed by atoms with E-state index in [9.17, 15) is 9.59 Å². The molecule has 1 heterocycles. The molecule has 0 radical (unpaired) electrons. The molecule has 3 rings (SSSR count). The first-order chi connectivity index (χ1) is 13.5. The van der Waals surface area contributed by atoms with Gasteiger partial charge < -0.3 is 19.4 Å². The van der Waals surface area contributed by atoms with E-state index in [4.69, 9.17) is 9.47 Å². The van der Waals surface area contributed by atoms with Crippen molar-refractivity contribution < 1.29 is 14.3 Å². The van der Waals surface area contributed by atoms with Gasteiger partial charge in [0.15, 0.2) is 11.5 Å². The van der Waals surface area contributed by atoms with Crippen LogP contribution in [0.2, 0.25) is 0 Å². The highest BCUT2D eigenvalue weighted by molar-refractivity contribution is 5.94. The molecule has 0 saturated heterocycles. The van der Waals surface area contributed by atoms with Gasteiger partial charge in [0.1, 0.15) is 5.82 Å². The molecule has 0 saturated carbocycles. The summed E-state index contributed by atoms with van der Waals surface area (Å²) < 4.78 is 11.1.